The first-order valence-electron chi connectivity index (χ1n) is 8.54. The third-order valence-corrected chi connectivity index (χ3v) is 4.30. The Morgan fingerprint density at radius 2 is 1.85 bits per heavy atom. The lowest BCUT2D eigenvalue weighted by Crippen LogP contribution is -2.58. The Labute approximate surface area is 157 Å². The van der Waals surface area contributed by atoms with Crippen LogP contribution < -0.4 is 20.3 Å². The van der Waals surface area contributed by atoms with Crippen molar-refractivity contribution in [2.24, 2.45) is 5.92 Å². The highest BCUT2D eigenvalue weighted by atomic mass is 16.5. The minimum absolute atomic E-state index is 0.0469. The Morgan fingerprint density at radius 3 is 2.52 bits per heavy atom. The van der Waals surface area contributed by atoms with E-state index in [2.05, 4.69) is 10.6 Å². The summed E-state index contributed by atoms with van der Waals surface area (Å²) in [6.07, 6.45) is 0. The van der Waals surface area contributed by atoms with Crippen molar-refractivity contribution in [3.05, 3.63) is 53.6 Å². The maximum absolute atomic E-state index is 12.9. The van der Waals surface area contributed by atoms with Gasteiger partial charge < -0.3 is 15.4 Å². The second-order valence-corrected chi connectivity index (χ2v) is 6.48. The molecule has 7 nitrogen and oxygen atoms in total. The smallest absolute Gasteiger partial charge is 0.328 e. The van der Waals surface area contributed by atoms with Gasteiger partial charge >= 0.3 is 6.03 Å². The van der Waals surface area contributed by atoms with Crippen LogP contribution in [0.25, 0.3) is 0 Å². The third-order valence-electron chi connectivity index (χ3n) is 4.30. The molecular weight excluding hydrogens is 346 g/mol. The normalized spacial score (nSPS) is 16.7. The summed E-state index contributed by atoms with van der Waals surface area (Å²) >= 11 is 0. The zero-order valence-electron chi connectivity index (χ0n) is 15.4. The van der Waals surface area contributed by atoms with Gasteiger partial charge in [-0.2, -0.15) is 0 Å². The topological polar surface area (TPSA) is 87.7 Å². The Hall–Kier alpha value is -3.35. The van der Waals surface area contributed by atoms with Gasteiger partial charge in [0.25, 0.3) is 0 Å². The lowest BCUT2D eigenvalue weighted by Gasteiger charge is -2.30. The van der Waals surface area contributed by atoms with Crippen molar-refractivity contribution in [3.63, 3.8) is 0 Å². The van der Waals surface area contributed by atoms with Crippen molar-refractivity contribution < 1.29 is 19.1 Å². The molecule has 1 aliphatic rings. The van der Waals surface area contributed by atoms with Crippen LogP contribution in [0.4, 0.5) is 16.2 Å². The van der Waals surface area contributed by atoms with Crippen LogP contribution in [0.1, 0.15) is 11.1 Å². The summed E-state index contributed by atoms with van der Waals surface area (Å²) in [5, 5.41) is 5.37. The highest BCUT2D eigenvalue weighted by Crippen LogP contribution is 2.25. The van der Waals surface area contributed by atoms with Crippen LogP contribution in [0.3, 0.4) is 0 Å². The summed E-state index contributed by atoms with van der Waals surface area (Å²) in [5.41, 5.74) is 2.98. The molecule has 2 aromatic rings. The quantitative estimate of drug-likeness (QED) is 0.813. The van der Waals surface area contributed by atoms with E-state index in [1.54, 1.807) is 24.3 Å². The summed E-state index contributed by atoms with van der Waals surface area (Å²) in [6, 6.07) is 11.7. The summed E-state index contributed by atoms with van der Waals surface area (Å²) in [6.45, 7) is 3.81. The molecule has 27 heavy (non-hydrogen) atoms. The number of amides is 4. The maximum atomic E-state index is 12.9. The first-order valence-corrected chi connectivity index (χ1v) is 8.54. The number of urea groups is 1. The molecule has 1 fully saturated rings. The number of aryl methyl sites for hydroxylation is 2. The van der Waals surface area contributed by atoms with Gasteiger partial charge in [0.05, 0.1) is 12.8 Å². The predicted molar refractivity (Wildman–Crippen MR) is 102 cm³/mol. The minimum Gasteiger partial charge on any atom is -0.497 e. The second-order valence-electron chi connectivity index (χ2n) is 6.48. The van der Waals surface area contributed by atoms with Gasteiger partial charge in [0.2, 0.25) is 11.8 Å². The number of benzene rings is 2. The predicted octanol–water partition coefficient (Wildman–Crippen LogP) is 2.62. The number of carbonyl (C=O) groups is 3. The third kappa shape index (κ3) is 3.92. The van der Waals surface area contributed by atoms with E-state index < -0.39 is 23.8 Å². The van der Waals surface area contributed by atoms with E-state index in [-0.39, 0.29) is 6.54 Å². The van der Waals surface area contributed by atoms with Crippen molar-refractivity contribution in [1.29, 1.82) is 0 Å². The maximum Gasteiger partial charge on any atom is 0.328 e. The number of hydrogen-bond acceptors (Lipinski definition) is 4. The Kier molecular flexibility index (Phi) is 5.12. The molecular formula is C20H21N3O4. The Bertz CT molecular complexity index is 890. The summed E-state index contributed by atoms with van der Waals surface area (Å²) < 4.78 is 5.14. The van der Waals surface area contributed by atoms with E-state index in [0.717, 1.165) is 16.0 Å². The first-order chi connectivity index (χ1) is 12.9. The van der Waals surface area contributed by atoms with Crippen LogP contribution in [0, 0.1) is 19.8 Å². The minimum atomic E-state index is -1.02. The van der Waals surface area contributed by atoms with Gasteiger partial charge in [0.15, 0.2) is 0 Å². The fraction of sp³-hybridized carbons (Fsp3) is 0.250. The average molecular weight is 367 g/mol. The van der Waals surface area contributed by atoms with Crippen LogP contribution >= 0.6 is 0 Å². The molecule has 1 atom stereocenters. The van der Waals surface area contributed by atoms with Crippen molar-refractivity contribution in [3.8, 4) is 5.75 Å². The molecule has 0 spiro atoms. The van der Waals surface area contributed by atoms with E-state index in [4.69, 9.17) is 4.74 Å². The highest BCUT2D eigenvalue weighted by Gasteiger charge is 2.39. The molecule has 1 saturated heterocycles. The lowest BCUT2D eigenvalue weighted by atomic mass is 10.0. The highest BCUT2D eigenvalue weighted by molar-refractivity contribution is 6.23. The van der Waals surface area contributed by atoms with Gasteiger partial charge in [-0.3, -0.25) is 9.59 Å². The molecule has 3 rings (SSSR count). The van der Waals surface area contributed by atoms with E-state index in [1.807, 2.05) is 32.0 Å². The van der Waals surface area contributed by atoms with E-state index in [1.165, 1.54) is 7.11 Å². The van der Waals surface area contributed by atoms with Crippen molar-refractivity contribution in [2.45, 2.75) is 13.8 Å². The molecule has 1 unspecified atom stereocenters. The van der Waals surface area contributed by atoms with Gasteiger partial charge in [-0.25, -0.2) is 9.69 Å². The van der Waals surface area contributed by atoms with Crippen LogP contribution in [-0.2, 0) is 9.59 Å². The van der Waals surface area contributed by atoms with E-state index >= 15 is 0 Å². The number of nitrogens with zero attached hydrogens (tertiary/aromatic N) is 1. The molecule has 0 aliphatic carbocycles. The number of carbonyl (C=O) groups excluding carboxylic acids is 3. The molecule has 4 amide bonds. The fourth-order valence-corrected chi connectivity index (χ4v) is 3.09. The Morgan fingerprint density at radius 1 is 1.15 bits per heavy atom. The molecule has 1 heterocycles. The summed E-state index contributed by atoms with van der Waals surface area (Å²) in [7, 11) is 1.50. The zero-order chi connectivity index (χ0) is 19.6. The monoisotopic (exact) mass is 367 g/mol. The van der Waals surface area contributed by atoms with Crippen LogP contribution in [0.5, 0.6) is 5.75 Å². The zero-order valence-corrected chi connectivity index (χ0v) is 15.4. The molecule has 0 bridgehead atoms. The van der Waals surface area contributed by atoms with Crippen LogP contribution in [0.2, 0.25) is 0 Å². The number of anilines is 2. The number of nitrogens with one attached hydrogen (secondary N) is 2. The fourth-order valence-electron chi connectivity index (χ4n) is 3.09. The number of rotatable bonds is 4. The number of imide groups is 1. The largest absolute Gasteiger partial charge is 0.497 e. The second kappa shape index (κ2) is 7.49. The van der Waals surface area contributed by atoms with Crippen LogP contribution in [0.15, 0.2) is 42.5 Å². The SMILES string of the molecule is COc1cccc(N2C(=O)NCC(C(=O)Nc3cc(C)cc(C)c3)C2=O)c1. The molecule has 140 valence electrons. The first kappa shape index (κ1) is 18.4. The molecule has 2 N–H and O–H groups in total. The number of hydrogen-bond donors (Lipinski definition) is 2. The van der Waals surface area contributed by atoms with E-state index in [9.17, 15) is 14.4 Å². The Balaban J connectivity index is 1.83. The molecule has 2 aromatic carbocycles. The van der Waals surface area contributed by atoms with Crippen molar-refractivity contribution >= 4 is 29.2 Å². The van der Waals surface area contributed by atoms with Crippen LogP contribution in [-0.4, -0.2) is 31.5 Å². The van der Waals surface area contributed by atoms with E-state index in [0.29, 0.717) is 17.1 Å². The summed E-state index contributed by atoms with van der Waals surface area (Å²) in [4.78, 5) is 38.7. The van der Waals surface area contributed by atoms with Crippen molar-refractivity contribution in [2.75, 3.05) is 23.9 Å². The van der Waals surface area contributed by atoms with Gasteiger partial charge in [-0.15, -0.1) is 0 Å². The lowest BCUT2D eigenvalue weighted by molar-refractivity contribution is -0.130. The number of methoxy groups -OCH3 is 1. The van der Waals surface area contributed by atoms with Gasteiger partial charge in [-0.05, 0) is 49.2 Å². The van der Waals surface area contributed by atoms with Crippen molar-refractivity contribution in [1.82, 2.24) is 5.32 Å². The molecule has 0 aromatic heterocycles. The number of ether oxygens (including phenoxy) is 1. The molecule has 0 radical (unpaired) electrons. The summed E-state index contributed by atoms with van der Waals surface area (Å²) in [5.74, 6) is -1.54. The van der Waals surface area contributed by atoms with Gasteiger partial charge in [0, 0.05) is 18.3 Å². The van der Waals surface area contributed by atoms with Gasteiger partial charge in [-0.1, -0.05) is 12.1 Å². The average Bonchev–Trinajstić information content (AvgIpc) is 2.61. The molecule has 0 saturated carbocycles. The molecule has 7 heteroatoms. The van der Waals surface area contributed by atoms with Gasteiger partial charge in [0.1, 0.15) is 11.7 Å². The standard InChI is InChI=1S/C20H21N3O4/c1-12-7-13(2)9-14(8-12)22-18(24)17-11-21-20(26)23(19(17)25)15-5-4-6-16(10-15)27-3/h4-10,17H,11H2,1-3H3,(H,21,26)(H,22,24). The molecule has 1 aliphatic heterocycles.